The summed E-state index contributed by atoms with van der Waals surface area (Å²) in [5, 5.41) is 4.71. The molecule has 1 heterocycles. The number of aryl methyl sites for hydroxylation is 1. The van der Waals surface area contributed by atoms with Gasteiger partial charge in [0, 0.05) is 15.6 Å². The Bertz CT molecular complexity index is 1200. The largest absolute Gasteiger partial charge is 0.259 e. The Morgan fingerprint density at radius 3 is 2.14 bits per heavy atom. The lowest BCUT2D eigenvalue weighted by atomic mass is 9.98. The zero-order valence-electron chi connectivity index (χ0n) is 21.6. The van der Waals surface area contributed by atoms with Gasteiger partial charge in [-0.2, -0.15) is 5.10 Å². The van der Waals surface area contributed by atoms with Crippen LogP contribution in [0, 0.1) is 12.8 Å². The third kappa shape index (κ3) is 7.02. The van der Waals surface area contributed by atoms with Gasteiger partial charge in [0.2, 0.25) is 10.0 Å². The van der Waals surface area contributed by atoms with Crippen LogP contribution in [-0.2, 0) is 15.6 Å². The van der Waals surface area contributed by atoms with Crippen LogP contribution in [0.5, 0.6) is 0 Å². The lowest BCUT2D eigenvalue weighted by Crippen LogP contribution is -2.31. The van der Waals surface area contributed by atoms with Gasteiger partial charge < -0.3 is 0 Å². The van der Waals surface area contributed by atoms with Gasteiger partial charge in [-0.1, -0.05) is 65.7 Å². The van der Waals surface area contributed by atoms with Gasteiger partial charge in [0.25, 0.3) is 0 Å². The number of hydrogen-bond donors (Lipinski definition) is 1. The molecule has 1 fully saturated rings. The molecule has 1 aliphatic rings. The smallest absolute Gasteiger partial charge is 0.241 e. The van der Waals surface area contributed by atoms with Crippen molar-refractivity contribution in [2.24, 2.45) is 5.92 Å². The monoisotopic (exact) mass is 565 g/mol. The molecule has 1 aliphatic carbocycles. The number of rotatable bonds is 6. The molecule has 1 unspecified atom stereocenters. The van der Waals surface area contributed by atoms with E-state index in [1.165, 1.54) is 0 Å². The number of hydrogen-bond acceptors (Lipinski definition) is 3. The molecule has 5 nitrogen and oxygen atoms in total. The van der Waals surface area contributed by atoms with E-state index in [-0.39, 0.29) is 22.4 Å². The highest BCUT2D eigenvalue weighted by Crippen LogP contribution is 2.46. The third-order valence-corrected chi connectivity index (χ3v) is 7.75. The molecule has 1 saturated carbocycles. The summed E-state index contributed by atoms with van der Waals surface area (Å²) in [6.45, 7) is 12.3. The predicted octanol–water partition coefficient (Wildman–Crippen LogP) is 7.42. The molecule has 0 amide bonds. The van der Waals surface area contributed by atoms with E-state index in [0.29, 0.717) is 7.18 Å². The van der Waals surface area contributed by atoms with E-state index >= 15 is 0 Å². The molecule has 8 heteroatoms. The van der Waals surface area contributed by atoms with E-state index in [0.717, 1.165) is 39.7 Å². The fraction of sp³-hybridized carbons (Fsp3) is 0.444. The molecule has 4 rings (SSSR count). The molecule has 1 aromatic heterocycles. The Morgan fingerprint density at radius 2 is 1.63 bits per heavy atom. The Kier molecular flexibility index (Phi) is 10.2. The van der Waals surface area contributed by atoms with Gasteiger partial charge in [-0.15, -0.1) is 0 Å². The van der Waals surface area contributed by atoms with Gasteiger partial charge in [-0.3, -0.25) is 9.07 Å². The Morgan fingerprint density at radius 1 is 1.06 bits per heavy atom. The number of sulfonamides is 1. The average molecular weight is 567 g/mol. The van der Waals surface area contributed by atoms with Crippen molar-refractivity contribution in [3.63, 3.8) is 0 Å². The van der Waals surface area contributed by atoms with Crippen molar-refractivity contribution in [1.82, 2.24) is 14.5 Å². The van der Waals surface area contributed by atoms with Crippen LogP contribution in [0.25, 0.3) is 11.3 Å². The minimum absolute atomic E-state index is 0.257. The standard InChI is InChI=1S/C24H28BrN3O2S.C2H6.CH3F/c1-16-9-13-18(14-10-16)31(29,30)27-22(17-11-12-17)20-15-26-28(24(2,3)4)23(20)19-7-5-6-8-21(19)25;2*1-2/h5-10,13-15,17,22,27H,11-12H2,1-4H3;1-2H3;1H3. The molecule has 0 radical (unpaired) electrons. The molecule has 3 aromatic rings. The van der Waals surface area contributed by atoms with Crippen molar-refractivity contribution in [2.45, 2.75) is 70.9 Å². The SMILES string of the molecule is CC.CF.Cc1ccc(S(=O)(=O)NC(c2cnn(C(C)(C)C)c2-c2ccccc2Br)C2CC2)cc1. The van der Waals surface area contributed by atoms with E-state index < -0.39 is 10.0 Å². The van der Waals surface area contributed by atoms with Gasteiger partial charge in [-0.05, 0) is 64.7 Å². The second-order valence-corrected chi connectivity index (χ2v) is 11.8. The maximum atomic E-state index is 13.2. The van der Waals surface area contributed by atoms with Crippen LogP contribution in [-0.4, -0.2) is 25.4 Å². The summed E-state index contributed by atoms with van der Waals surface area (Å²) in [5.41, 5.74) is 3.64. The number of alkyl halides is 1. The van der Waals surface area contributed by atoms with Crippen molar-refractivity contribution in [3.8, 4) is 11.3 Å². The summed E-state index contributed by atoms with van der Waals surface area (Å²) < 4.78 is 41.9. The molecule has 192 valence electrons. The van der Waals surface area contributed by atoms with Crippen LogP contribution in [0.4, 0.5) is 4.39 Å². The van der Waals surface area contributed by atoms with Crippen molar-refractivity contribution >= 4 is 26.0 Å². The minimum atomic E-state index is -3.66. The van der Waals surface area contributed by atoms with E-state index in [9.17, 15) is 12.8 Å². The molecule has 0 aliphatic heterocycles. The first kappa shape index (κ1) is 29.2. The molecule has 0 saturated heterocycles. The van der Waals surface area contributed by atoms with Gasteiger partial charge in [0.1, 0.15) is 0 Å². The van der Waals surface area contributed by atoms with E-state index in [1.54, 1.807) is 12.1 Å². The van der Waals surface area contributed by atoms with E-state index in [2.05, 4.69) is 41.4 Å². The summed E-state index contributed by atoms with van der Waals surface area (Å²) >= 11 is 3.68. The third-order valence-electron chi connectivity index (χ3n) is 5.60. The lowest BCUT2D eigenvalue weighted by molar-refractivity contribution is 0.359. The average Bonchev–Trinajstić information content (AvgIpc) is 3.58. The second-order valence-electron chi connectivity index (χ2n) is 9.26. The first-order valence-electron chi connectivity index (χ1n) is 11.9. The molecule has 1 atom stereocenters. The summed E-state index contributed by atoms with van der Waals surface area (Å²) in [4.78, 5) is 0.286. The molecule has 2 aromatic carbocycles. The fourth-order valence-electron chi connectivity index (χ4n) is 3.82. The molecular formula is C27H37BrFN3O2S. The minimum Gasteiger partial charge on any atom is -0.259 e. The summed E-state index contributed by atoms with van der Waals surface area (Å²) in [6, 6.07) is 14.7. The van der Waals surface area contributed by atoms with Crippen molar-refractivity contribution in [2.75, 3.05) is 7.18 Å². The maximum absolute atomic E-state index is 13.2. The van der Waals surface area contributed by atoms with Crippen LogP contribution in [0.1, 0.15) is 64.6 Å². The molecule has 1 N–H and O–H groups in total. The summed E-state index contributed by atoms with van der Waals surface area (Å²) in [5.74, 6) is 0.263. The molecule has 0 bridgehead atoms. The summed E-state index contributed by atoms with van der Waals surface area (Å²) in [6.07, 6.45) is 3.83. The first-order valence-corrected chi connectivity index (χ1v) is 14.2. The topological polar surface area (TPSA) is 64.0 Å². The first-order chi connectivity index (χ1) is 16.6. The Hall–Kier alpha value is -2.03. The number of aromatic nitrogens is 2. The predicted molar refractivity (Wildman–Crippen MR) is 146 cm³/mol. The van der Waals surface area contributed by atoms with Crippen molar-refractivity contribution in [1.29, 1.82) is 0 Å². The van der Waals surface area contributed by atoms with Gasteiger partial charge in [-0.25, -0.2) is 13.1 Å². The highest BCUT2D eigenvalue weighted by molar-refractivity contribution is 9.10. The van der Waals surface area contributed by atoms with Gasteiger partial charge in [0.15, 0.2) is 0 Å². The van der Waals surface area contributed by atoms with Gasteiger partial charge in [0.05, 0.1) is 35.5 Å². The number of halogens is 2. The zero-order valence-corrected chi connectivity index (χ0v) is 24.0. The van der Waals surface area contributed by atoms with Crippen LogP contribution in [0.2, 0.25) is 0 Å². The number of nitrogens with zero attached hydrogens (tertiary/aromatic N) is 2. The molecule has 0 spiro atoms. The van der Waals surface area contributed by atoms with Crippen molar-refractivity contribution < 1.29 is 12.8 Å². The van der Waals surface area contributed by atoms with Gasteiger partial charge >= 0.3 is 0 Å². The highest BCUT2D eigenvalue weighted by Gasteiger charge is 2.39. The second kappa shape index (κ2) is 12.3. The van der Waals surface area contributed by atoms with Crippen molar-refractivity contribution in [3.05, 3.63) is 70.3 Å². The Balaban J connectivity index is 0.00000103. The van der Waals surface area contributed by atoms with Crippen LogP contribution >= 0.6 is 15.9 Å². The highest BCUT2D eigenvalue weighted by atomic mass is 79.9. The molecule has 35 heavy (non-hydrogen) atoms. The quantitative estimate of drug-likeness (QED) is 0.338. The van der Waals surface area contributed by atoms with E-state index in [1.807, 2.05) is 68.0 Å². The van der Waals surface area contributed by atoms with E-state index in [4.69, 9.17) is 5.10 Å². The normalized spacial score (nSPS) is 14.3. The fourth-order valence-corrected chi connectivity index (χ4v) is 5.57. The summed E-state index contributed by atoms with van der Waals surface area (Å²) in [7, 11) is -3.16. The molecular weight excluding hydrogens is 529 g/mol. The van der Waals surface area contributed by atoms with Crippen LogP contribution < -0.4 is 4.72 Å². The van der Waals surface area contributed by atoms with Crippen LogP contribution in [0.15, 0.2) is 64.1 Å². The van der Waals surface area contributed by atoms with Crippen LogP contribution in [0.3, 0.4) is 0 Å². The Labute approximate surface area is 218 Å². The zero-order chi connectivity index (χ0) is 26.4. The lowest BCUT2D eigenvalue weighted by Gasteiger charge is -2.25. The number of benzene rings is 2. The maximum Gasteiger partial charge on any atom is 0.241 e. The number of nitrogens with one attached hydrogen (secondary N) is 1.